The molecular formula is C16H27NO3. The van der Waals surface area contributed by atoms with Crippen LogP contribution in [0.25, 0.3) is 0 Å². The lowest BCUT2D eigenvalue weighted by Crippen LogP contribution is -2.50. The molecule has 0 saturated heterocycles. The lowest BCUT2D eigenvalue weighted by molar-refractivity contribution is -0.368. The maximum absolute atomic E-state index is 10.1. The quantitative estimate of drug-likeness (QED) is 0.698. The Balaban J connectivity index is 0.000000370. The summed E-state index contributed by atoms with van der Waals surface area (Å²) < 4.78 is 0. The second kappa shape index (κ2) is 12.6. The lowest BCUT2D eigenvalue weighted by Gasteiger charge is -2.10. The molecule has 114 valence electrons. The van der Waals surface area contributed by atoms with Gasteiger partial charge in [-0.15, -0.1) is 0 Å². The molecule has 0 amide bonds. The fourth-order valence-corrected chi connectivity index (χ4v) is 1.73. The molecule has 1 aromatic rings. The first kappa shape index (κ1) is 18.6. The molecule has 0 aliphatic heterocycles. The summed E-state index contributed by atoms with van der Waals surface area (Å²) in [6.45, 7) is 3.37. The number of aliphatic hydroxyl groups excluding tert-OH is 1. The van der Waals surface area contributed by atoms with Gasteiger partial charge in [-0.1, -0.05) is 62.9 Å². The predicted octanol–water partition coefficient (Wildman–Crippen LogP) is 1.06. The number of carbonyl (C=O) groups is 1. The first-order valence-electron chi connectivity index (χ1n) is 7.36. The van der Waals surface area contributed by atoms with E-state index in [2.05, 4.69) is 12.7 Å². The Morgan fingerprint density at radius 3 is 2.20 bits per heavy atom. The molecule has 0 aliphatic rings. The molecule has 1 unspecified atom stereocenters. The van der Waals surface area contributed by atoms with Gasteiger partial charge in [0.1, 0.15) is 6.10 Å². The van der Waals surface area contributed by atoms with Crippen molar-refractivity contribution in [1.29, 1.82) is 0 Å². The minimum atomic E-state index is -1.52. The van der Waals surface area contributed by atoms with Crippen molar-refractivity contribution in [2.24, 2.45) is 0 Å². The van der Waals surface area contributed by atoms with Crippen molar-refractivity contribution in [1.82, 2.24) is 0 Å². The van der Waals surface area contributed by atoms with Gasteiger partial charge in [0.25, 0.3) is 0 Å². The zero-order valence-corrected chi connectivity index (χ0v) is 12.4. The fourth-order valence-electron chi connectivity index (χ4n) is 1.73. The average molecular weight is 281 g/mol. The minimum Gasteiger partial charge on any atom is -0.547 e. The van der Waals surface area contributed by atoms with Crippen LogP contribution in [0.4, 0.5) is 0 Å². The summed E-state index contributed by atoms with van der Waals surface area (Å²) >= 11 is 0. The minimum absolute atomic E-state index is 0.340. The standard InChI is InChI=1S/C8H19N.C8H8O3/c1-2-3-4-5-6-7-8-9;9-7(8(10)11)6-4-2-1-3-5-6/h2-9H2,1H3;1-5,7,9H,(H,10,11). The van der Waals surface area contributed by atoms with Gasteiger partial charge >= 0.3 is 0 Å². The van der Waals surface area contributed by atoms with E-state index in [0.717, 1.165) is 6.54 Å². The number of hydrogen-bond donors (Lipinski definition) is 2. The number of hydrogen-bond acceptors (Lipinski definition) is 3. The van der Waals surface area contributed by atoms with Crippen LogP contribution in [0, 0.1) is 0 Å². The number of carbonyl (C=O) groups excluding carboxylic acids is 1. The van der Waals surface area contributed by atoms with Gasteiger partial charge in [-0.25, -0.2) is 0 Å². The van der Waals surface area contributed by atoms with Crippen LogP contribution >= 0.6 is 0 Å². The molecule has 4 nitrogen and oxygen atoms in total. The third-order valence-corrected chi connectivity index (χ3v) is 2.94. The van der Waals surface area contributed by atoms with Crippen molar-refractivity contribution in [2.45, 2.75) is 51.6 Å². The Morgan fingerprint density at radius 1 is 1.15 bits per heavy atom. The zero-order chi connectivity index (χ0) is 15.2. The van der Waals surface area contributed by atoms with E-state index in [4.69, 9.17) is 5.11 Å². The highest BCUT2D eigenvalue weighted by molar-refractivity contribution is 5.71. The third-order valence-electron chi connectivity index (χ3n) is 2.94. The molecule has 0 aliphatic carbocycles. The molecule has 4 N–H and O–H groups in total. The Labute approximate surface area is 121 Å². The number of carboxylic acid groups (broad SMARTS) is 1. The van der Waals surface area contributed by atoms with Crippen molar-refractivity contribution in [3.05, 3.63) is 35.9 Å². The SMILES string of the molecule is CCCCCCCC[NH3+].O=C([O-])C(O)c1ccccc1. The maximum Gasteiger partial charge on any atom is 0.118 e. The Kier molecular flexibility index (Phi) is 11.8. The van der Waals surface area contributed by atoms with Crippen LogP contribution in [0.15, 0.2) is 30.3 Å². The van der Waals surface area contributed by atoms with Crippen LogP contribution in [0.1, 0.15) is 57.1 Å². The number of quaternary nitrogens is 1. The van der Waals surface area contributed by atoms with E-state index in [-0.39, 0.29) is 0 Å². The van der Waals surface area contributed by atoms with E-state index in [1.165, 1.54) is 50.7 Å². The average Bonchev–Trinajstić information content (AvgIpc) is 2.48. The third kappa shape index (κ3) is 9.53. The largest absolute Gasteiger partial charge is 0.547 e. The van der Waals surface area contributed by atoms with E-state index in [1.54, 1.807) is 18.2 Å². The molecule has 0 saturated carbocycles. The first-order valence-corrected chi connectivity index (χ1v) is 7.36. The molecule has 20 heavy (non-hydrogen) atoms. The smallest absolute Gasteiger partial charge is 0.118 e. The van der Waals surface area contributed by atoms with Crippen LogP contribution in [0.2, 0.25) is 0 Å². The van der Waals surface area contributed by atoms with Gasteiger partial charge in [-0.3, -0.25) is 0 Å². The summed E-state index contributed by atoms with van der Waals surface area (Å²) in [5, 5.41) is 19.1. The van der Waals surface area contributed by atoms with E-state index in [0.29, 0.717) is 5.56 Å². The number of carboxylic acids is 1. The summed E-state index contributed by atoms with van der Waals surface area (Å²) in [4.78, 5) is 10.1. The van der Waals surface area contributed by atoms with Gasteiger partial charge in [-0.2, -0.15) is 0 Å². The molecule has 1 aromatic carbocycles. The molecule has 4 heteroatoms. The molecule has 1 atom stereocenters. The highest BCUT2D eigenvalue weighted by Crippen LogP contribution is 2.09. The summed E-state index contributed by atoms with van der Waals surface area (Å²) in [6, 6.07) is 8.11. The van der Waals surface area contributed by atoms with Gasteiger partial charge in [0, 0.05) is 0 Å². The van der Waals surface area contributed by atoms with E-state index in [1.807, 2.05) is 0 Å². The van der Waals surface area contributed by atoms with E-state index < -0.39 is 12.1 Å². The topological polar surface area (TPSA) is 88.0 Å². The summed E-state index contributed by atoms with van der Waals surface area (Å²) in [5.74, 6) is -1.48. The van der Waals surface area contributed by atoms with Crippen LogP contribution < -0.4 is 10.8 Å². The summed E-state index contributed by atoms with van der Waals surface area (Å²) in [7, 11) is 0. The molecule has 0 fully saturated rings. The lowest BCUT2D eigenvalue weighted by atomic mass is 10.1. The highest BCUT2D eigenvalue weighted by Gasteiger charge is 2.05. The number of aliphatic hydroxyl groups is 1. The summed E-state index contributed by atoms with van der Waals surface area (Å²) in [6.07, 6.45) is 6.81. The molecule has 0 heterocycles. The number of rotatable bonds is 8. The van der Waals surface area contributed by atoms with Gasteiger partial charge < -0.3 is 20.7 Å². The van der Waals surface area contributed by atoms with E-state index >= 15 is 0 Å². The Hall–Kier alpha value is -1.39. The van der Waals surface area contributed by atoms with Crippen LogP contribution in [0.3, 0.4) is 0 Å². The van der Waals surface area contributed by atoms with Gasteiger partial charge in [0.15, 0.2) is 0 Å². The monoisotopic (exact) mass is 281 g/mol. The van der Waals surface area contributed by atoms with Crippen molar-refractivity contribution in [3.63, 3.8) is 0 Å². The molecule has 0 bridgehead atoms. The normalized spacial score (nSPS) is 11.3. The van der Waals surface area contributed by atoms with Gasteiger partial charge in [-0.05, 0) is 18.4 Å². The molecular weight excluding hydrogens is 254 g/mol. The summed E-state index contributed by atoms with van der Waals surface area (Å²) in [5.41, 5.74) is 4.14. The first-order chi connectivity index (χ1) is 9.63. The number of benzene rings is 1. The fraction of sp³-hybridized carbons (Fsp3) is 0.562. The highest BCUT2D eigenvalue weighted by atomic mass is 16.4. The van der Waals surface area contributed by atoms with Crippen molar-refractivity contribution < 1.29 is 20.7 Å². The van der Waals surface area contributed by atoms with Crippen molar-refractivity contribution >= 4 is 5.97 Å². The van der Waals surface area contributed by atoms with Crippen LogP contribution in [-0.4, -0.2) is 17.6 Å². The van der Waals surface area contributed by atoms with Crippen LogP contribution in [-0.2, 0) is 4.79 Å². The number of aliphatic carboxylic acids is 1. The van der Waals surface area contributed by atoms with Crippen molar-refractivity contribution in [3.8, 4) is 0 Å². The molecule has 0 radical (unpaired) electrons. The van der Waals surface area contributed by atoms with Crippen molar-refractivity contribution in [2.75, 3.05) is 6.54 Å². The maximum atomic E-state index is 10.1. The van der Waals surface area contributed by atoms with Crippen LogP contribution in [0.5, 0.6) is 0 Å². The zero-order valence-electron chi connectivity index (χ0n) is 12.4. The molecule has 0 spiro atoms. The second-order valence-electron chi connectivity index (χ2n) is 4.75. The Morgan fingerprint density at radius 2 is 1.70 bits per heavy atom. The predicted molar refractivity (Wildman–Crippen MR) is 77.5 cm³/mol. The number of unbranched alkanes of at least 4 members (excludes halogenated alkanes) is 5. The van der Waals surface area contributed by atoms with Gasteiger partial charge in [0.2, 0.25) is 0 Å². The Bertz CT molecular complexity index is 335. The molecule has 0 aromatic heterocycles. The molecule has 1 rings (SSSR count). The van der Waals surface area contributed by atoms with E-state index in [9.17, 15) is 9.90 Å². The van der Waals surface area contributed by atoms with Gasteiger partial charge in [0.05, 0.1) is 12.5 Å². The second-order valence-corrected chi connectivity index (χ2v) is 4.75.